The molecule has 0 aromatic heterocycles. The van der Waals surface area contributed by atoms with Crippen LogP contribution in [0, 0.1) is 0 Å². The number of hydrogen-bond acceptors (Lipinski definition) is 4. The van der Waals surface area contributed by atoms with Crippen LogP contribution < -0.4 is 0 Å². The fourth-order valence-corrected chi connectivity index (χ4v) is 1.92. The molecule has 17 heavy (non-hydrogen) atoms. The average Bonchev–Trinajstić information content (AvgIpc) is 2.27. The van der Waals surface area contributed by atoms with Gasteiger partial charge in [0.1, 0.15) is 0 Å². The summed E-state index contributed by atoms with van der Waals surface area (Å²) in [5.41, 5.74) is 0. The number of amides is 1. The molecule has 0 spiro atoms. The second-order valence-corrected chi connectivity index (χ2v) is 6.48. The summed E-state index contributed by atoms with van der Waals surface area (Å²) in [6.07, 6.45) is -0.0850. The van der Waals surface area contributed by atoms with Crippen molar-refractivity contribution in [2.24, 2.45) is 0 Å². The Morgan fingerprint density at radius 1 is 1.53 bits per heavy atom. The number of nitrogens with zero attached hydrogens (tertiary/aromatic N) is 1. The second-order valence-electron chi connectivity index (χ2n) is 4.50. The molecule has 5 nitrogen and oxygen atoms in total. The van der Waals surface area contributed by atoms with E-state index in [9.17, 15) is 9.59 Å². The normalized spacial score (nSPS) is 21.2. The van der Waals surface area contributed by atoms with Gasteiger partial charge in [-0.3, -0.25) is 9.59 Å². The van der Waals surface area contributed by atoms with E-state index in [4.69, 9.17) is 4.74 Å². The van der Waals surface area contributed by atoms with Gasteiger partial charge >= 0.3 is 5.97 Å². The molecule has 0 bridgehead atoms. The van der Waals surface area contributed by atoms with Crippen LogP contribution in [0.4, 0.5) is 0 Å². The third-order valence-electron chi connectivity index (χ3n) is 2.56. The molecule has 98 valence electrons. The third kappa shape index (κ3) is 4.27. The van der Waals surface area contributed by atoms with Crippen LogP contribution in [-0.4, -0.2) is 54.0 Å². The van der Waals surface area contributed by atoms with Gasteiger partial charge in [0, 0.05) is 13.1 Å². The van der Waals surface area contributed by atoms with Gasteiger partial charge < -0.3 is 14.4 Å². The lowest BCUT2D eigenvalue weighted by molar-refractivity contribution is -0.150. The molecular weight excluding hydrogens is 290 g/mol. The van der Waals surface area contributed by atoms with Crippen LogP contribution in [0.3, 0.4) is 0 Å². The molecule has 1 amide bonds. The van der Waals surface area contributed by atoms with Crippen molar-refractivity contribution in [2.75, 3.05) is 26.8 Å². The highest BCUT2D eigenvalue weighted by atomic mass is 79.9. The van der Waals surface area contributed by atoms with E-state index in [1.165, 1.54) is 7.11 Å². The lowest BCUT2D eigenvalue weighted by Crippen LogP contribution is -2.51. The van der Waals surface area contributed by atoms with Crippen molar-refractivity contribution in [2.45, 2.75) is 30.7 Å². The van der Waals surface area contributed by atoms with Gasteiger partial charge in [-0.25, -0.2) is 0 Å². The average molecular weight is 308 g/mol. The Labute approximate surface area is 110 Å². The molecule has 1 atom stereocenters. The maximum atomic E-state index is 12.0. The first-order valence-corrected chi connectivity index (χ1v) is 6.30. The Kier molecular flexibility index (Phi) is 4.94. The van der Waals surface area contributed by atoms with E-state index in [0.29, 0.717) is 19.7 Å². The summed E-state index contributed by atoms with van der Waals surface area (Å²) in [5.74, 6) is -0.307. The zero-order valence-electron chi connectivity index (χ0n) is 10.4. The van der Waals surface area contributed by atoms with Crippen LogP contribution in [-0.2, 0) is 19.1 Å². The number of esters is 1. The molecule has 0 saturated carbocycles. The number of carbonyl (C=O) groups excluding carboxylic acids is 2. The van der Waals surface area contributed by atoms with Gasteiger partial charge in [-0.05, 0) is 13.8 Å². The molecule has 0 aromatic rings. The minimum atomic E-state index is -0.583. The standard InChI is InChI=1S/C11H18BrNO4/c1-11(2,12)10(15)13-4-5-17-8(7-13)6-9(14)16-3/h8H,4-7H2,1-3H3. The summed E-state index contributed by atoms with van der Waals surface area (Å²) in [6.45, 7) is 5.06. The Morgan fingerprint density at radius 3 is 2.71 bits per heavy atom. The van der Waals surface area contributed by atoms with Gasteiger partial charge in [0.15, 0.2) is 0 Å². The summed E-state index contributed by atoms with van der Waals surface area (Å²) < 4.78 is 9.43. The van der Waals surface area contributed by atoms with Gasteiger partial charge in [-0.1, -0.05) is 15.9 Å². The fourth-order valence-electron chi connectivity index (χ4n) is 1.67. The smallest absolute Gasteiger partial charge is 0.308 e. The van der Waals surface area contributed by atoms with Crippen LogP contribution in [0.25, 0.3) is 0 Å². The number of methoxy groups -OCH3 is 1. The maximum absolute atomic E-state index is 12.0. The first kappa shape index (κ1) is 14.4. The van der Waals surface area contributed by atoms with E-state index in [1.807, 2.05) is 0 Å². The van der Waals surface area contributed by atoms with Crippen molar-refractivity contribution < 1.29 is 19.1 Å². The lowest BCUT2D eigenvalue weighted by atomic mass is 10.1. The van der Waals surface area contributed by atoms with Crippen molar-refractivity contribution in [1.29, 1.82) is 0 Å². The summed E-state index contributed by atoms with van der Waals surface area (Å²) in [4.78, 5) is 24.9. The molecule has 1 saturated heterocycles. The number of carbonyl (C=O) groups is 2. The summed E-state index contributed by atoms with van der Waals surface area (Å²) in [7, 11) is 1.34. The maximum Gasteiger partial charge on any atom is 0.308 e. The van der Waals surface area contributed by atoms with Crippen LogP contribution in [0.1, 0.15) is 20.3 Å². The van der Waals surface area contributed by atoms with Gasteiger partial charge in [0.25, 0.3) is 0 Å². The molecule has 1 rings (SSSR count). The molecule has 0 N–H and O–H groups in total. The second kappa shape index (κ2) is 5.82. The third-order valence-corrected chi connectivity index (χ3v) is 2.90. The fraction of sp³-hybridized carbons (Fsp3) is 0.818. The molecular formula is C11H18BrNO4. The van der Waals surface area contributed by atoms with Crippen molar-refractivity contribution in [3.8, 4) is 0 Å². The highest BCUT2D eigenvalue weighted by molar-refractivity contribution is 9.10. The van der Waals surface area contributed by atoms with Gasteiger partial charge in [0.2, 0.25) is 5.91 Å². The molecule has 1 aliphatic rings. The Hall–Kier alpha value is -0.620. The number of halogens is 1. The molecule has 1 fully saturated rings. The quantitative estimate of drug-likeness (QED) is 0.575. The zero-order chi connectivity index (χ0) is 13.1. The lowest BCUT2D eigenvalue weighted by Gasteiger charge is -2.35. The van der Waals surface area contributed by atoms with E-state index >= 15 is 0 Å². The van der Waals surface area contributed by atoms with Crippen molar-refractivity contribution in [3.63, 3.8) is 0 Å². The van der Waals surface area contributed by atoms with Gasteiger partial charge in [-0.2, -0.15) is 0 Å². The van der Waals surface area contributed by atoms with Crippen LogP contribution in [0.2, 0.25) is 0 Å². The topological polar surface area (TPSA) is 55.8 Å². The van der Waals surface area contributed by atoms with E-state index in [0.717, 1.165) is 0 Å². The monoisotopic (exact) mass is 307 g/mol. The minimum Gasteiger partial charge on any atom is -0.469 e. The first-order chi connectivity index (χ1) is 7.84. The SMILES string of the molecule is COC(=O)CC1CN(C(=O)C(C)(C)Br)CCO1. The van der Waals surface area contributed by atoms with Crippen molar-refractivity contribution >= 4 is 27.8 Å². The summed E-state index contributed by atoms with van der Waals surface area (Å²) in [5, 5.41) is 0. The van der Waals surface area contributed by atoms with Crippen molar-refractivity contribution in [3.05, 3.63) is 0 Å². The number of hydrogen-bond donors (Lipinski definition) is 0. The Bertz CT molecular complexity index is 300. The molecule has 6 heteroatoms. The van der Waals surface area contributed by atoms with Crippen LogP contribution in [0.5, 0.6) is 0 Å². The van der Waals surface area contributed by atoms with Crippen molar-refractivity contribution in [1.82, 2.24) is 4.90 Å². The van der Waals surface area contributed by atoms with E-state index in [-0.39, 0.29) is 24.4 Å². The predicted octanol–water partition coefficient (Wildman–Crippen LogP) is 0.950. The van der Waals surface area contributed by atoms with Gasteiger partial charge in [0.05, 0.1) is 30.6 Å². The molecule has 1 aliphatic heterocycles. The molecule has 1 heterocycles. The molecule has 0 aromatic carbocycles. The zero-order valence-corrected chi connectivity index (χ0v) is 11.9. The predicted molar refractivity (Wildman–Crippen MR) is 66.0 cm³/mol. The van der Waals surface area contributed by atoms with E-state index < -0.39 is 4.32 Å². The number of alkyl halides is 1. The Morgan fingerprint density at radius 2 is 2.18 bits per heavy atom. The molecule has 1 unspecified atom stereocenters. The summed E-state index contributed by atoms with van der Waals surface area (Å²) in [6, 6.07) is 0. The van der Waals surface area contributed by atoms with Crippen LogP contribution >= 0.6 is 15.9 Å². The largest absolute Gasteiger partial charge is 0.469 e. The number of morpholine rings is 1. The van der Waals surface area contributed by atoms with E-state index in [2.05, 4.69) is 20.7 Å². The summed E-state index contributed by atoms with van der Waals surface area (Å²) >= 11 is 3.34. The highest BCUT2D eigenvalue weighted by Gasteiger charge is 2.33. The first-order valence-electron chi connectivity index (χ1n) is 5.51. The number of ether oxygens (including phenoxy) is 2. The van der Waals surface area contributed by atoms with Gasteiger partial charge in [-0.15, -0.1) is 0 Å². The number of rotatable bonds is 3. The Balaban J connectivity index is 2.55. The van der Waals surface area contributed by atoms with Crippen LogP contribution in [0.15, 0.2) is 0 Å². The highest BCUT2D eigenvalue weighted by Crippen LogP contribution is 2.21. The minimum absolute atomic E-state index is 0.00988. The molecule has 0 aliphatic carbocycles. The van der Waals surface area contributed by atoms with E-state index in [1.54, 1.807) is 18.7 Å². The molecule has 0 radical (unpaired) electrons.